The molecule has 0 heterocycles. The van der Waals surface area contributed by atoms with Crippen molar-refractivity contribution in [2.45, 2.75) is 13.1 Å². The molecule has 0 spiro atoms. The van der Waals surface area contributed by atoms with Crippen molar-refractivity contribution in [2.24, 2.45) is 0 Å². The summed E-state index contributed by atoms with van der Waals surface area (Å²) in [5.74, 6) is 1.85. The number of hydrogen-bond donors (Lipinski definition) is 1. The Hall–Kier alpha value is -0.710. The average molecular weight is 88.1 g/mol. The SMILES string of the molecule is CC(F)C#CO. The smallest absolute Gasteiger partial charge is 0.161 e. The molecule has 1 atom stereocenters. The molecule has 1 N–H and O–H groups in total. The second-order valence-corrected chi connectivity index (χ2v) is 0.872. The van der Waals surface area contributed by atoms with Crippen molar-refractivity contribution < 1.29 is 9.50 Å². The zero-order valence-electron chi connectivity index (χ0n) is 3.40. The minimum Gasteiger partial charge on any atom is -0.462 e. The van der Waals surface area contributed by atoms with Crippen LogP contribution in [0.15, 0.2) is 0 Å². The lowest BCUT2D eigenvalue weighted by Crippen LogP contribution is -1.81. The molecule has 0 radical (unpaired) electrons. The van der Waals surface area contributed by atoms with Crippen molar-refractivity contribution in [2.75, 3.05) is 0 Å². The number of rotatable bonds is 0. The van der Waals surface area contributed by atoms with E-state index in [1.54, 1.807) is 0 Å². The van der Waals surface area contributed by atoms with Gasteiger partial charge in [0.1, 0.15) is 6.11 Å². The van der Waals surface area contributed by atoms with Crippen molar-refractivity contribution in [1.82, 2.24) is 0 Å². The van der Waals surface area contributed by atoms with Crippen LogP contribution >= 0.6 is 0 Å². The van der Waals surface area contributed by atoms with Crippen molar-refractivity contribution in [3.05, 3.63) is 0 Å². The second-order valence-electron chi connectivity index (χ2n) is 0.872. The van der Waals surface area contributed by atoms with Gasteiger partial charge in [0.2, 0.25) is 0 Å². The van der Waals surface area contributed by atoms with Gasteiger partial charge in [0.05, 0.1) is 0 Å². The summed E-state index contributed by atoms with van der Waals surface area (Å²) in [5.41, 5.74) is 0. The highest BCUT2D eigenvalue weighted by atomic mass is 19.1. The number of aliphatic hydroxyl groups excluding tert-OH is 1. The highest BCUT2D eigenvalue weighted by molar-refractivity contribution is 4.95. The topological polar surface area (TPSA) is 20.2 Å². The third-order valence-corrected chi connectivity index (χ3v) is 0.263. The maximum atomic E-state index is 11.4. The van der Waals surface area contributed by atoms with Gasteiger partial charge in [-0.2, -0.15) is 0 Å². The van der Waals surface area contributed by atoms with E-state index in [2.05, 4.69) is 0 Å². The first-order valence-corrected chi connectivity index (χ1v) is 1.56. The summed E-state index contributed by atoms with van der Waals surface area (Å²) in [6.07, 6.45) is 0.229. The molecule has 1 nitrogen and oxygen atoms in total. The van der Waals surface area contributed by atoms with Gasteiger partial charge < -0.3 is 5.11 Å². The second kappa shape index (κ2) is 2.52. The van der Waals surface area contributed by atoms with E-state index >= 15 is 0 Å². The Morgan fingerprint density at radius 2 is 2.33 bits per heavy atom. The van der Waals surface area contributed by atoms with Gasteiger partial charge >= 0.3 is 0 Å². The van der Waals surface area contributed by atoms with Crippen LogP contribution in [0.2, 0.25) is 0 Å². The fraction of sp³-hybridized carbons (Fsp3) is 0.500. The minimum absolute atomic E-state index is 1.21. The van der Waals surface area contributed by atoms with Crippen LogP contribution in [0, 0.1) is 12.0 Å². The summed E-state index contributed by atoms with van der Waals surface area (Å²) in [6.45, 7) is 1.25. The predicted molar refractivity (Wildman–Crippen MR) is 20.3 cm³/mol. The Bertz CT molecular complexity index is 77.3. The van der Waals surface area contributed by atoms with Gasteiger partial charge in [-0.1, -0.05) is 0 Å². The normalized spacial score (nSPS) is 11.7. The van der Waals surface area contributed by atoms with Crippen molar-refractivity contribution in [3.63, 3.8) is 0 Å². The first-order valence-electron chi connectivity index (χ1n) is 1.56. The average Bonchev–Trinajstić information content (AvgIpc) is 1.35. The first-order chi connectivity index (χ1) is 2.77. The van der Waals surface area contributed by atoms with Crippen LogP contribution in [0.4, 0.5) is 4.39 Å². The molecule has 0 rings (SSSR count). The van der Waals surface area contributed by atoms with E-state index in [-0.39, 0.29) is 0 Å². The molecule has 0 fully saturated rings. The van der Waals surface area contributed by atoms with E-state index < -0.39 is 6.17 Å². The largest absolute Gasteiger partial charge is 0.462 e. The van der Waals surface area contributed by atoms with E-state index in [4.69, 9.17) is 5.11 Å². The molecule has 0 aliphatic carbocycles. The highest BCUT2D eigenvalue weighted by Crippen LogP contribution is 1.79. The van der Waals surface area contributed by atoms with Gasteiger partial charge in [-0.05, 0) is 12.8 Å². The van der Waals surface area contributed by atoms with Crippen LogP contribution in [-0.2, 0) is 0 Å². The quantitative estimate of drug-likeness (QED) is 0.431. The van der Waals surface area contributed by atoms with E-state index in [0.29, 0.717) is 0 Å². The van der Waals surface area contributed by atoms with Crippen LogP contribution in [0.25, 0.3) is 0 Å². The Morgan fingerprint density at radius 1 is 1.83 bits per heavy atom. The minimum atomic E-state index is -1.21. The molecule has 0 saturated carbocycles. The summed E-state index contributed by atoms with van der Waals surface area (Å²) < 4.78 is 11.4. The lowest BCUT2D eigenvalue weighted by atomic mass is 10.5. The third-order valence-electron chi connectivity index (χ3n) is 0.263. The van der Waals surface area contributed by atoms with Crippen LogP contribution < -0.4 is 0 Å². The fourth-order valence-electron chi connectivity index (χ4n) is 0.0889. The van der Waals surface area contributed by atoms with Gasteiger partial charge in [-0.25, -0.2) is 4.39 Å². The molecule has 0 aromatic rings. The van der Waals surface area contributed by atoms with E-state index in [1.807, 2.05) is 5.92 Å². The number of aliphatic hydroxyl groups is 1. The Labute approximate surface area is 35.8 Å². The van der Waals surface area contributed by atoms with Crippen LogP contribution in [0.5, 0.6) is 0 Å². The van der Waals surface area contributed by atoms with E-state index in [1.165, 1.54) is 13.0 Å². The van der Waals surface area contributed by atoms with Gasteiger partial charge in [0.15, 0.2) is 6.17 Å². The summed E-state index contributed by atoms with van der Waals surface area (Å²) in [5, 5.41) is 7.64. The Morgan fingerprint density at radius 3 is 2.33 bits per heavy atom. The standard InChI is InChI=1S/C4H5FO/c1-4(5)2-3-6/h4,6H,1H3. The molecular weight excluding hydrogens is 83.0 g/mol. The third kappa shape index (κ3) is 3.29. The van der Waals surface area contributed by atoms with Gasteiger partial charge in [-0.15, -0.1) is 0 Å². The molecule has 6 heavy (non-hydrogen) atoms. The maximum absolute atomic E-state index is 11.4. The molecule has 0 aromatic carbocycles. The molecular formula is C4H5FO. The monoisotopic (exact) mass is 88.0 g/mol. The maximum Gasteiger partial charge on any atom is 0.161 e. The van der Waals surface area contributed by atoms with Gasteiger partial charge in [0, 0.05) is 0 Å². The first kappa shape index (κ1) is 5.29. The van der Waals surface area contributed by atoms with Gasteiger partial charge in [0.25, 0.3) is 0 Å². The lowest BCUT2D eigenvalue weighted by molar-refractivity contribution is 0.436. The highest BCUT2D eigenvalue weighted by Gasteiger charge is 1.82. The molecule has 0 amide bonds. The molecule has 2 heteroatoms. The Kier molecular flexibility index (Phi) is 2.22. The zero-order valence-corrected chi connectivity index (χ0v) is 3.40. The summed E-state index contributed by atoms with van der Waals surface area (Å²) in [6, 6.07) is 0. The molecule has 0 aromatic heterocycles. The number of hydrogen-bond acceptors (Lipinski definition) is 1. The van der Waals surface area contributed by atoms with Crippen molar-refractivity contribution in [1.29, 1.82) is 0 Å². The zero-order chi connectivity index (χ0) is 4.99. The van der Waals surface area contributed by atoms with E-state index in [0.717, 1.165) is 0 Å². The van der Waals surface area contributed by atoms with Crippen molar-refractivity contribution in [3.8, 4) is 12.0 Å². The lowest BCUT2D eigenvalue weighted by Gasteiger charge is -1.76. The van der Waals surface area contributed by atoms with E-state index in [9.17, 15) is 4.39 Å². The molecule has 0 aliphatic rings. The molecule has 0 saturated heterocycles. The number of halogens is 1. The summed E-state index contributed by atoms with van der Waals surface area (Å²) in [7, 11) is 0. The van der Waals surface area contributed by atoms with Crippen LogP contribution in [-0.4, -0.2) is 11.3 Å². The van der Waals surface area contributed by atoms with Crippen LogP contribution in [0.3, 0.4) is 0 Å². The summed E-state index contributed by atoms with van der Waals surface area (Å²) >= 11 is 0. The Balaban J connectivity index is 3.20. The molecule has 34 valence electrons. The van der Waals surface area contributed by atoms with Crippen molar-refractivity contribution >= 4 is 0 Å². The fourth-order valence-corrected chi connectivity index (χ4v) is 0.0889. The predicted octanol–water partition coefficient (Wildman–Crippen LogP) is 0.678. The van der Waals surface area contributed by atoms with Crippen LogP contribution in [0.1, 0.15) is 6.92 Å². The number of alkyl halides is 1. The molecule has 0 bridgehead atoms. The summed E-state index contributed by atoms with van der Waals surface area (Å²) in [4.78, 5) is 0. The molecule has 1 unspecified atom stereocenters. The molecule has 0 aliphatic heterocycles. The van der Waals surface area contributed by atoms with Gasteiger partial charge in [-0.3, -0.25) is 0 Å².